The van der Waals surface area contributed by atoms with Crippen molar-refractivity contribution in [3.05, 3.63) is 47.2 Å². The Morgan fingerprint density at radius 3 is 3.04 bits per heavy atom. The van der Waals surface area contributed by atoms with E-state index in [0.717, 1.165) is 35.7 Å². The number of carbonyl (C=O) groups excluding carboxylic acids is 1. The highest BCUT2D eigenvalue weighted by atomic mass is 35.5. The number of aromatic nitrogens is 3. The summed E-state index contributed by atoms with van der Waals surface area (Å²) < 4.78 is 2.92. The van der Waals surface area contributed by atoms with E-state index in [1.807, 2.05) is 30.5 Å². The fourth-order valence-electron chi connectivity index (χ4n) is 3.33. The highest BCUT2D eigenvalue weighted by Gasteiger charge is 2.17. The average molecular weight is 406 g/mol. The molecule has 4 rings (SSSR count). The van der Waals surface area contributed by atoms with Gasteiger partial charge in [-0.05, 0) is 37.6 Å². The Bertz CT molecular complexity index is 854. The van der Waals surface area contributed by atoms with E-state index in [4.69, 9.17) is 0 Å². The minimum Gasteiger partial charge on any atom is -0.354 e. The molecule has 0 saturated carbocycles. The molecule has 144 valence electrons. The zero-order chi connectivity index (χ0) is 17.8. The van der Waals surface area contributed by atoms with Crippen molar-refractivity contribution in [3.63, 3.8) is 0 Å². The van der Waals surface area contributed by atoms with Crippen LogP contribution in [0.4, 0.5) is 0 Å². The summed E-state index contributed by atoms with van der Waals surface area (Å²) in [4.78, 5) is 16.8. The van der Waals surface area contributed by atoms with Crippen LogP contribution in [-0.2, 0) is 17.8 Å². The number of amides is 1. The average Bonchev–Trinajstić information content (AvgIpc) is 3.29. The van der Waals surface area contributed by atoms with Crippen molar-refractivity contribution in [1.29, 1.82) is 0 Å². The third-order valence-corrected chi connectivity index (χ3v) is 5.78. The number of para-hydroxylation sites is 1. The minimum atomic E-state index is -0.0115. The lowest BCUT2D eigenvalue weighted by molar-refractivity contribution is -0.121. The molecule has 3 aromatic rings. The Balaban J connectivity index is 0.00000210. The van der Waals surface area contributed by atoms with E-state index in [0.29, 0.717) is 12.5 Å². The third-order valence-electron chi connectivity index (χ3n) is 4.68. The number of rotatable bonds is 6. The summed E-state index contributed by atoms with van der Waals surface area (Å²) >= 11 is 1.69. The zero-order valence-electron chi connectivity index (χ0n) is 15.1. The van der Waals surface area contributed by atoms with Gasteiger partial charge < -0.3 is 10.6 Å². The maximum Gasteiger partial charge on any atom is 0.241 e. The van der Waals surface area contributed by atoms with Crippen molar-refractivity contribution in [2.75, 3.05) is 19.6 Å². The molecule has 1 aliphatic rings. The van der Waals surface area contributed by atoms with Gasteiger partial charge >= 0.3 is 0 Å². The van der Waals surface area contributed by atoms with E-state index in [9.17, 15) is 4.79 Å². The van der Waals surface area contributed by atoms with Crippen molar-refractivity contribution in [1.82, 2.24) is 25.4 Å². The summed E-state index contributed by atoms with van der Waals surface area (Å²) in [6.45, 7) is 2.93. The molecule has 2 aromatic heterocycles. The van der Waals surface area contributed by atoms with Gasteiger partial charge in [0.25, 0.3) is 0 Å². The van der Waals surface area contributed by atoms with Crippen LogP contribution >= 0.6 is 23.7 Å². The Kier molecular flexibility index (Phi) is 6.82. The number of piperidine rings is 1. The fourth-order valence-corrected chi connectivity index (χ4v) is 4.29. The van der Waals surface area contributed by atoms with Crippen LogP contribution in [0, 0.1) is 0 Å². The van der Waals surface area contributed by atoms with Gasteiger partial charge in [-0.2, -0.15) is 5.10 Å². The molecular weight excluding hydrogens is 382 g/mol. The molecule has 1 unspecified atom stereocenters. The summed E-state index contributed by atoms with van der Waals surface area (Å²) in [6.07, 6.45) is 5.00. The van der Waals surface area contributed by atoms with E-state index in [2.05, 4.69) is 26.8 Å². The highest BCUT2D eigenvalue weighted by molar-refractivity contribution is 7.18. The molecule has 1 aliphatic heterocycles. The smallest absolute Gasteiger partial charge is 0.241 e. The number of hydrogen-bond acceptors (Lipinski definition) is 5. The maximum absolute atomic E-state index is 12.2. The fraction of sp³-hybridized carbons (Fsp3) is 0.421. The van der Waals surface area contributed by atoms with E-state index in [-0.39, 0.29) is 24.9 Å². The topological polar surface area (TPSA) is 71.8 Å². The van der Waals surface area contributed by atoms with Crippen molar-refractivity contribution < 1.29 is 4.79 Å². The lowest BCUT2D eigenvalue weighted by Gasteiger charge is -2.20. The Labute approximate surface area is 168 Å². The molecule has 0 bridgehead atoms. The van der Waals surface area contributed by atoms with Gasteiger partial charge in [0, 0.05) is 31.6 Å². The van der Waals surface area contributed by atoms with Crippen molar-refractivity contribution in [3.8, 4) is 0 Å². The molecule has 1 aromatic carbocycles. The van der Waals surface area contributed by atoms with E-state index in [1.165, 1.54) is 17.5 Å². The van der Waals surface area contributed by atoms with Gasteiger partial charge in [0.05, 0.1) is 20.9 Å². The second-order valence-corrected chi connectivity index (χ2v) is 7.77. The van der Waals surface area contributed by atoms with Gasteiger partial charge in [-0.15, -0.1) is 23.7 Å². The predicted octanol–water partition coefficient (Wildman–Crippen LogP) is 2.74. The first-order valence-electron chi connectivity index (χ1n) is 9.13. The number of hydrogen-bond donors (Lipinski definition) is 2. The Hall–Kier alpha value is -1.96. The number of carbonyl (C=O) groups is 1. The summed E-state index contributed by atoms with van der Waals surface area (Å²) in [6, 6.07) is 10.1. The van der Waals surface area contributed by atoms with Gasteiger partial charge in [0.1, 0.15) is 6.54 Å². The first-order valence-corrected chi connectivity index (χ1v) is 9.95. The van der Waals surface area contributed by atoms with Crippen LogP contribution in [0.5, 0.6) is 0 Å². The Morgan fingerprint density at radius 1 is 1.33 bits per heavy atom. The monoisotopic (exact) mass is 405 g/mol. The lowest BCUT2D eigenvalue weighted by Crippen LogP contribution is -2.30. The molecule has 8 heteroatoms. The van der Waals surface area contributed by atoms with Crippen molar-refractivity contribution in [2.24, 2.45) is 0 Å². The van der Waals surface area contributed by atoms with Crippen molar-refractivity contribution >= 4 is 39.9 Å². The third kappa shape index (κ3) is 5.06. The molecule has 27 heavy (non-hydrogen) atoms. The minimum absolute atomic E-state index is 0. The molecule has 0 radical (unpaired) electrons. The standard InChI is InChI=1S/C19H23N5OS.ClH/c25-18(13-24-11-8-15(23-24)14-4-3-9-20-12-14)21-10-7-19-22-16-5-1-2-6-17(16)26-19;/h1-2,5-6,8,11,14,20H,3-4,7,9-10,12-13H2,(H,21,25);1H. The van der Waals surface area contributed by atoms with Crippen LogP contribution in [0.2, 0.25) is 0 Å². The summed E-state index contributed by atoms with van der Waals surface area (Å²) in [5, 5.41) is 12.0. The first-order chi connectivity index (χ1) is 12.8. The lowest BCUT2D eigenvalue weighted by atomic mass is 9.97. The van der Waals surface area contributed by atoms with Gasteiger partial charge in [-0.3, -0.25) is 9.48 Å². The van der Waals surface area contributed by atoms with Gasteiger partial charge in [-0.1, -0.05) is 12.1 Å². The van der Waals surface area contributed by atoms with Crippen LogP contribution in [0.15, 0.2) is 36.5 Å². The molecule has 1 amide bonds. The van der Waals surface area contributed by atoms with Crippen LogP contribution < -0.4 is 10.6 Å². The summed E-state index contributed by atoms with van der Waals surface area (Å²) in [7, 11) is 0. The molecule has 0 spiro atoms. The molecule has 2 N–H and O–H groups in total. The SMILES string of the molecule is Cl.O=C(Cn1ccc(C2CCCNC2)n1)NCCc1nc2ccccc2s1. The van der Waals surface area contributed by atoms with Crippen LogP contribution in [0.3, 0.4) is 0 Å². The van der Waals surface area contributed by atoms with Crippen LogP contribution in [-0.4, -0.2) is 40.3 Å². The normalized spacial score (nSPS) is 16.8. The number of nitrogens with zero attached hydrogens (tertiary/aromatic N) is 3. The van der Waals surface area contributed by atoms with Gasteiger partial charge in [-0.25, -0.2) is 4.98 Å². The van der Waals surface area contributed by atoms with Gasteiger partial charge in [0.2, 0.25) is 5.91 Å². The predicted molar refractivity (Wildman–Crippen MR) is 111 cm³/mol. The first kappa shape index (κ1) is 19.8. The summed E-state index contributed by atoms with van der Waals surface area (Å²) in [5.41, 5.74) is 2.11. The van der Waals surface area contributed by atoms with E-state index >= 15 is 0 Å². The quantitative estimate of drug-likeness (QED) is 0.661. The largest absolute Gasteiger partial charge is 0.354 e. The van der Waals surface area contributed by atoms with Crippen LogP contribution in [0.1, 0.15) is 29.5 Å². The van der Waals surface area contributed by atoms with Crippen molar-refractivity contribution in [2.45, 2.75) is 31.7 Å². The van der Waals surface area contributed by atoms with E-state index in [1.54, 1.807) is 16.0 Å². The number of halogens is 1. The summed E-state index contributed by atoms with van der Waals surface area (Å²) in [5.74, 6) is 0.453. The molecular formula is C19H24ClN5OS. The highest BCUT2D eigenvalue weighted by Crippen LogP contribution is 2.22. The molecule has 6 nitrogen and oxygen atoms in total. The van der Waals surface area contributed by atoms with E-state index < -0.39 is 0 Å². The number of benzene rings is 1. The number of thiazole rings is 1. The second-order valence-electron chi connectivity index (χ2n) is 6.66. The molecule has 0 aliphatic carbocycles. The molecule has 1 fully saturated rings. The molecule has 1 saturated heterocycles. The zero-order valence-corrected chi connectivity index (χ0v) is 16.7. The molecule has 3 heterocycles. The van der Waals surface area contributed by atoms with Gasteiger partial charge in [0.15, 0.2) is 0 Å². The second kappa shape index (κ2) is 9.30. The maximum atomic E-state index is 12.2. The number of nitrogens with one attached hydrogen (secondary N) is 2. The number of fused-ring (bicyclic) bond motifs is 1. The Morgan fingerprint density at radius 2 is 2.22 bits per heavy atom. The molecule has 1 atom stereocenters. The van der Waals surface area contributed by atoms with Crippen LogP contribution in [0.25, 0.3) is 10.2 Å².